The number of nitrogens with zero attached hydrogens (tertiary/aromatic N) is 3. The summed E-state index contributed by atoms with van der Waals surface area (Å²) in [4.78, 5) is 12.9. The summed E-state index contributed by atoms with van der Waals surface area (Å²) in [7, 11) is 0. The molecule has 0 N–H and O–H groups in total. The molecule has 1 aliphatic rings. The van der Waals surface area contributed by atoms with Crippen molar-refractivity contribution in [3.63, 3.8) is 0 Å². The Balaban J connectivity index is 1.98. The average Bonchev–Trinajstić information content (AvgIpc) is 2.50. The van der Waals surface area contributed by atoms with Crippen molar-refractivity contribution in [1.82, 2.24) is 9.97 Å². The molecule has 0 bridgehead atoms. The van der Waals surface area contributed by atoms with Crippen LogP contribution in [-0.4, -0.2) is 22.2 Å². The molecule has 0 unspecified atom stereocenters. The van der Waals surface area contributed by atoms with Gasteiger partial charge in [-0.3, -0.25) is 15.0 Å². The van der Waals surface area contributed by atoms with Crippen LogP contribution < -0.4 is 0 Å². The molecule has 94 valence electrons. The predicted octanol–water partition coefficient (Wildman–Crippen LogP) is 3.14. The Morgan fingerprint density at radius 3 is 2.68 bits per heavy atom. The molecule has 0 fully saturated rings. The molecule has 0 saturated heterocycles. The summed E-state index contributed by atoms with van der Waals surface area (Å²) in [5, 5.41) is 0. The summed E-state index contributed by atoms with van der Waals surface area (Å²) < 4.78 is 0. The summed E-state index contributed by atoms with van der Waals surface area (Å²) in [5.41, 5.74) is 4.63. The Hall–Kier alpha value is -2.29. The first kappa shape index (κ1) is 11.8. The number of aromatic nitrogens is 2. The molecule has 0 amide bonds. The van der Waals surface area contributed by atoms with Crippen LogP contribution in [0.3, 0.4) is 0 Å². The summed E-state index contributed by atoms with van der Waals surface area (Å²) >= 11 is 0. The second kappa shape index (κ2) is 5.57. The van der Waals surface area contributed by atoms with E-state index in [-0.39, 0.29) is 0 Å². The van der Waals surface area contributed by atoms with Crippen molar-refractivity contribution in [2.45, 2.75) is 12.8 Å². The number of hydrogen-bond acceptors (Lipinski definition) is 3. The third kappa shape index (κ3) is 2.76. The Morgan fingerprint density at radius 1 is 1.00 bits per heavy atom. The zero-order valence-corrected chi connectivity index (χ0v) is 10.7. The molecule has 3 heterocycles. The fourth-order valence-electron chi connectivity index (χ4n) is 2.26. The van der Waals surface area contributed by atoms with E-state index in [4.69, 9.17) is 0 Å². The Labute approximate surface area is 112 Å². The van der Waals surface area contributed by atoms with Crippen molar-refractivity contribution in [3.8, 4) is 0 Å². The molecule has 3 heteroatoms. The van der Waals surface area contributed by atoms with Gasteiger partial charge in [-0.1, -0.05) is 0 Å². The molecule has 1 aliphatic heterocycles. The van der Waals surface area contributed by atoms with Crippen LogP contribution in [0.1, 0.15) is 24.0 Å². The van der Waals surface area contributed by atoms with Crippen LogP contribution in [0.4, 0.5) is 0 Å². The van der Waals surface area contributed by atoms with Crippen LogP contribution in [0.5, 0.6) is 0 Å². The minimum absolute atomic E-state index is 0.901. The van der Waals surface area contributed by atoms with Gasteiger partial charge in [0.15, 0.2) is 0 Å². The van der Waals surface area contributed by atoms with E-state index in [1.54, 1.807) is 6.20 Å². The minimum Gasteiger partial charge on any atom is -0.284 e. The fourth-order valence-corrected chi connectivity index (χ4v) is 2.26. The lowest BCUT2D eigenvalue weighted by Gasteiger charge is -2.16. The van der Waals surface area contributed by atoms with Crippen LogP contribution >= 0.6 is 0 Å². The second-order valence-corrected chi connectivity index (χ2v) is 4.53. The third-order valence-electron chi connectivity index (χ3n) is 3.16. The molecule has 3 nitrogen and oxygen atoms in total. The van der Waals surface area contributed by atoms with Gasteiger partial charge in [0, 0.05) is 36.9 Å². The summed E-state index contributed by atoms with van der Waals surface area (Å²) in [6.45, 7) is 0.901. The average molecular weight is 249 g/mol. The lowest BCUT2D eigenvalue weighted by molar-refractivity contribution is 0.818. The van der Waals surface area contributed by atoms with Crippen LogP contribution in [0.25, 0.3) is 6.08 Å². The van der Waals surface area contributed by atoms with E-state index in [1.807, 2.05) is 36.8 Å². The van der Waals surface area contributed by atoms with Crippen molar-refractivity contribution >= 4 is 11.8 Å². The van der Waals surface area contributed by atoms with Gasteiger partial charge in [0.05, 0.1) is 5.71 Å². The van der Waals surface area contributed by atoms with Gasteiger partial charge < -0.3 is 0 Å². The molecule has 0 aromatic carbocycles. The van der Waals surface area contributed by atoms with E-state index in [2.05, 4.69) is 27.1 Å². The van der Waals surface area contributed by atoms with Gasteiger partial charge >= 0.3 is 0 Å². The van der Waals surface area contributed by atoms with Gasteiger partial charge in [-0.25, -0.2) is 0 Å². The van der Waals surface area contributed by atoms with Gasteiger partial charge in [-0.2, -0.15) is 0 Å². The summed E-state index contributed by atoms with van der Waals surface area (Å²) in [5.74, 6) is 0. The maximum atomic E-state index is 4.67. The van der Waals surface area contributed by atoms with Crippen molar-refractivity contribution in [3.05, 3.63) is 65.8 Å². The number of rotatable bonds is 2. The molecular formula is C16H15N3. The zero-order valence-electron chi connectivity index (χ0n) is 10.7. The highest BCUT2D eigenvalue weighted by atomic mass is 14.8. The van der Waals surface area contributed by atoms with Crippen LogP contribution in [0, 0.1) is 0 Å². The van der Waals surface area contributed by atoms with Gasteiger partial charge in [-0.15, -0.1) is 0 Å². The van der Waals surface area contributed by atoms with Crippen molar-refractivity contribution in [1.29, 1.82) is 0 Å². The molecular weight excluding hydrogens is 234 g/mol. The number of hydrogen-bond donors (Lipinski definition) is 0. The normalized spacial score (nSPS) is 17.3. The predicted molar refractivity (Wildman–Crippen MR) is 77.1 cm³/mol. The lowest BCUT2D eigenvalue weighted by atomic mass is 9.95. The lowest BCUT2D eigenvalue weighted by Crippen LogP contribution is -2.11. The molecule has 0 atom stereocenters. The standard InChI is InChI=1S/C16H15N3/c1-4-15(12-18-7-1)16-14(3-2-8-19-16)11-13-5-9-17-10-6-13/h1,4-7,9-12H,2-3,8H2/b14-11+. The Kier molecular flexibility index (Phi) is 3.45. The van der Waals surface area contributed by atoms with Crippen LogP contribution in [0.15, 0.2) is 59.6 Å². The van der Waals surface area contributed by atoms with Gasteiger partial charge in [0.25, 0.3) is 0 Å². The first-order chi connectivity index (χ1) is 9.43. The van der Waals surface area contributed by atoms with E-state index in [9.17, 15) is 0 Å². The molecule has 2 aromatic heterocycles. The SMILES string of the molecule is C(=C1/CCCN=C1c1cccnc1)/c1ccncc1. The highest BCUT2D eigenvalue weighted by molar-refractivity contribution is 6.15. The first-order valence-corrected chi connectivity index (χ1v) is 6.49. The maximum Gasteiger partial charge on any atom is 0.0694 e. The summed E-state index contributed by atoms with van der Waals surface area (Å²) in [6.07, 6.45) is 11.7. The van der Waals surface area contributed by atoms with Crippen LogP contribution in [-0.2, 0) is 0 Å². The number of allylic oxidation sites excluding steroid dienone is 1. The highest BCUT2D eigenvalue weighted by Crippen LogP contribution is 2.21. The maximum absolute atomic E-state index is 4.67. The van der Waals surface area contributed by atoms with Crippen molar-refractivity contribution in [2.75, 3.05) is 6.54 Å². The smallest absolute Gasteiger partial charge is 0.0694 e. The Morgan fingerprint density at radius 2 is 1.89 bits per heavy atom. The van der Waals surface area contributed by atoms with Gasteiger partial charge in [0.1, 0.15) is 0 Å². The zero-order chi connectivity index (χ0) is 12.9. The topological polar surface area (TPSA) is 38.1 Å². The molecule has 0 aliphatic carbocycles. The molecule has 0 spiro atoms. The van der Waals surface area contributed by atoms with Crippen molar-refractivity contribution in [2.24, 2.45) is 4.99 Å². The molecule has 2 aromatic rings. The van der Waals surface area contributed by atoms with E-state index in [0.717, 1.165) is 30.7 Å². The van der Waals surface area contributed by atoms with Gasteiger partial charge in [0.2, 0.25) is 0 Å². The van der Waals surface area contributed by atoms with Gasteiger partial charge in [-0.05, 0) is 54.3 Å². The summed E-state index contributed by atoms with van der Waals surface area (Å²) in [6, 6.07) is 8.05. The fraction of sp³-hybridized carbons (Fsp3) is 0.188. The largest absolute Gasteiger partial charge is 0.284 e. The van der Waals surface area contributed by atoms with Crippen LogP contribution in [0.2, 0.25) is 0 Å². The second-order valence-electron chi connectivity index (χ2n) is 4.53. The monoisotopic (exact) mass is 249 g/mol. The van der Waals surface area contributed by atoms with E-state index >= 15 is 0 Å². The molecule has 0 saturated carbocycles. The highest BCUT2D eigenvalue weighted by Gasteiger charge is 2.13. The van der Waals surface area contributed by atoms with E-state index in [0.29, 0.717) is 0 Å². The Bertz CT molecular complexity index is 600. The number of pyridine rings is 2. The molecule has 0 radical (unpaired) electrons. The third-order valence-corrected chi connectivity index (χ3v) is 3.16. The molecule has 19 heavy (non-hydrogen) atoms. The molecule has 3 rings (SSSR count). The van der Waals surface area contributed by atoms with E-state index < -0.39 is 0 Å². The van der Waals surface area contributed by atoms with Crippen molar-refractivity contribution < 1.29 is 0 Å². The number of aliphatic imine (C=N–C) groups is 1. The first-order valence-electron chi connectivity index (χ1n) is 6.49. The quantitative estimate of drug-likeness (QED) is 0.820. The minimum atomic E-state index is 0.901. The van der Waals surface area contributed by atoms with E-state index in [1.165, 1.54) is 11.1 Å².